The van der Waals surface area contributed by atoms with Crippen LogP contribution in [-0.2, 0) is 4.79 Å². The van der Waals surface area contributed by atoms with Crippen LogP contribution in [0.4, 0.5) is 5.69 Å². The SMILES string of the molecule is N#Cc1ccc(NC(=O)COc2ccc(-c3ccccc3)cc2Br)cc1. The number of hydrogen-bond acceptors (Lipinski definition) is 3. The zero-order valence-corrected chi connectivity index (χ0v) is 15.4. The molecule has 1 N–H and O–H groups in total. The maximum absolute atomic E-state index is 12.0. The second kappa shape index (κ2) is 8.32. The molecule has 0 aliphatic carbocycles. The molecule has 0 fully saturated rings. The number of carbonyl (C=O) groups is 1. The predicted molar refractivity (Wildman–Crippen MR) is 105 cm³/mol. The van der Waals surface area contributed by atoms with Gasteiger partial charge in [-0.25, -0.2) is 0 Å². The number of benzene rings is 3. The summed E-state index contributed by atoms with van der Waals surface area (Å²) in [4.78, 5) is 12.0. The molecule has 1 amide bonds. The number of ether oxygens (including phenoxy) is 1. The molecule has 4 nitrogen and oxygen atoms in total. The molecule has 0 spiro atoms. The molecule has 3 aromatic carbocycles. The van der Waals surface area contributed by atoms with Crippen molar-refractivity contribution >= 4 is 27.5 Å². The van der Waals surface area contributed by atoms with E-state index in [9.17, 15) is 4.79 Å². The molecule has 0 saturated heterocycles. The van der Waals surface area contributed by atoms with E-state index in [0.717, 1.165) is 15.6 Å². The van der Waals surface area contributed by atoms with Crippen molar-refractivity contribution in [2.75, 3.05) is 11.9 Å². The zero-order chi connectivity index (χ0) is 18.4. The third kappa shape index (κ3) is 4.50. The third-order valence-corrected chi connectivity index (χ3v) is 4.32. The minimum absolute atomic E-state index is 0.108. The fourth-order valence-corrected chi connectivity index (χ4v) is 2.89. The Morgan fingerprint density at radius 1 is 1.00 bits per heavy atom. The summed E-state index contributed by atoms with van der Waals surface area (Å²) < 4.78 is 6.38. The van der Waals surface area contributed by atoms with Crippen LogP contribution in [-0.4, -0.2) is 12.5 Å². The van der Waals surface area contributed by atoms with E-state index in [2.05, 4.69) is 21.2 Å². The van der Waals surface area contributed by atoms with Gasteiger partial charge in [0, 0.05) is 5.69 Å². The van der Waals surface area contributed by atoms with Crippen LogP contribution in [0.3, 0.4) is 0 Å². The Labute approximate surface area is 160 Å². The van der Waals surface area contributed by atoms with Crippen molar-refractivity contribution < 1.29 is 9.53 Å². The van der Waals surface area contributed by atoms with Crippen LogP contribution in [0, 0.1) is 11.3 Å². The van der Waals surface area contributed by atoms with Crippen molar-refractivity contribution in [3.63, 3.8) is 0 Å². The Kier molecular flexibility index (Phi) is 5.67. The van der Waals surface area contributed by atoms with E-state index in [4.69, 9.17) is 10.00 Å². The van der Waals surface area contributed by atoms with Gasteiger partial charge in [-0.1, -0.05) is 36.4 Å². The van der Waals surface area contributed by atoms with Gasteiger partial charge in [-0.15, -0.1) is 0 Å². The van der Waals surface area contributed by atoms with Crippen molar-refractivity contribution in [3.05, 3.63) is 82.8 Å². The molecule has 0 atom stereocenters. The van der Waals surface area contributed by atoms with Gasteiger partial charge in [0.25, 0.3) is 5.91 Å². The van der Waals surface area contributed by atoms with Crippen molar-refractivity contribution in [1.82, 2.24) is 0 Å². The topological polar surface area (TPSA) is 62.1 Å². The van der Waals surface area contributed by atoms with Gasteiger partial charge in [0.15, 0.2) is 6.61 Å². The van der Waals surface area contributed by atoms with E-state index in [1.807, 2.05) is 54.6 Å². The highest BCUT2D eigenvalue weighted by Crippen LogP contribution is 2.30. The van der Waals surface area contributed by atoms with Crippen LogP contribution in [0.5, 0.6) is 5.75 Å². The normalized spacial score (nSPS) is 10.0. The van der Waals surface area contributed by atoms with Gasteiger partial charge in [-0.05, 0) is 63.5 Å². The van der Waals surface area contributed by atoms with E-state index in [-0.39, 0.29) is 12.5 Å². The summed E-state index contributed by atoms with van der Waals surface area (Å²) in [5, 5.41) is 11.5. The lowest BCUT2D eigenvalue weighted by Crippen LogP contribution is -2.20. The summed E-state index contributed by atoms with van der Waals surface area (Å²) in [7, 11) is 0. The monoisotopic (exact) mass is 406 g/mol. The Morgan fingerprint density at radius 2 is 1.73 bits per heavy atom. The van der Waals surface area contributed by atoms with E-state index >= 15 is 0 Å². The van der Waals surface area contributed by atoms with E-state index in [1.54, 1.807) is 24.3 Å². The molecule has 3 rings (SSSR count). The fraction of sp³-hybridized carbons (Fsp3) is 0.0476. The average molecular weight is 407 g/mol. The van der Waals surface area contributed by atoms with Gasteiger partial charge in [0.1, 0.15) is 5.75 Å². The molecule has 0 heterocycles. The molecule has 0 radical (unpaired) electrons. The lowest BCUT2D eigenvalue weighted by molar-refractivity contribution is -0.118. The van der Waals surface area contributed by atoms with Gasteiger partial charge in [-0.3, -0.25) is 4.79 Å². The summed E-state index contributed by atoms with van der Waals surface area (Å²) in [6.07, 6.45) is 0. The second-order valence-corrected chi connectivity index (χ2v) is 6.39. The highest BCUT2D eigenvalue weighted by atomic mass is 79.9. The third-order valence-electron chi connectivity index (χ3n) is 3.70. The number of hydrogen-bond donors (Lipinski definition) is 1. The van der Waals surface area contributed by atoms with Gasteiger partial charge in [0.2, 0.25) is 0 Å². The van der Waals surface area contributed by atoms with Gasteiger partial charge in [-0.2, -0.15) is 5.26 Å². The molecule has 0 aromatic heterocycles. The Balaban J connectivity index is 1.60. The molecule has 0 unspecified atom stereocenters. The molecule has 0 saturated carbocycles. The van der Waals surface area contributed by atoms with Crippen LogP contribution in [0.15, 0.2) is 77.3 Å². The number of nitriles is 1. The molecule has 0 bridgehead atoms. The summed E-state index contributed by atoms with van der Waals surface area (Å²) in [6, 6.07) is 24.5. The smallest absolute Gasteiger partial charge is 0.262 e. The first-order valence-corrected chi connectivity index (χ1v) is 8.73. The Morgan fingerprint density at radius 3 is 2.38 bits per heavy atom. The van der Waals surface area contributed by atoms with Crippen molar-refractivity contribution in [2.24, 2.45) is 0 Å². The minimum Gasteiger partial charge on any atom is -0.483 e. The maximum atomic E-state index is 12.0. The van der Waals surface area contributed by atoms with Crippen LogP contribution < -0.4 is 10.1 Å². The number of nitrogens with one attached hydrogen (secondary N) is 1. The second-order valence-electron chi connectivity index (χ2n) is 5.54. The highest BCUT2D eigenvalue weighted by molar-refractivity contribution is 9.10. The summed E-state index contributed by atoms with van der Waals surface area (Å²) in [5.41, 5.74) is 3.34. The Hall–Kier alpha value is -3.10. The Bertz CT molecular complexity index is 948. The molecular formula is C21H15BrN2O2. The summed E-state index contributed by atoms with van der Waals surface area (Å²) in [6.45, 7) is -0.108. The average Bonchev–Trinajstić information content (AvgIpc) is 2.68. The minimum atomic E-state index is -0.270. The number of halogens is 1. The molecule has 0 aliphatic heterocycles. The van der Waals surface area contributed by atoms with Gasteiger partial charge >= 0.3 is 0 Å². The largest absolute Gasteiger partial charge is 0.483 e. The van der Waals surface area contributed by atoms with Crippen molar-refractivity contribution in [2.45, 2.75) is 0 Å². The first-order valence-electron chi connectivity index (χ1n) is 7.93. The van der Waals surface area contributed by atoms with Crippen LogP contribution in [0.25, 0.3) is 11.1 Å². The highest BCUT2D eigenvalue weighted by Gasteiger charge is 2.08. The fourth-order valence-electron chi connectivity index (χ4n) is 2.40. The van der Waals surface area contributed by atoms with Crippen LogP contribution in [0.1, 0.15) is 5.56 Å². The number of carbonyl (C=O) groups excluding carboxylic acids is 1. The molecule has 26 heavy (non-hydrogen) atoms. The van der Waals surface area contributed by atoms with Gasteiger partial charge < -0.3 is 10.1 Å². The lowest BCUT2D eigenvalue weighted by atomic mass is 10.1. The van der Waals surface area contributed by atoms with Crippen LogP contribution in [0.2, 0.25) is 0 Å². The molecule has 0 aliphatic rings. The quantitative estimate of drug-likeness (QED) is 0.647. The first kappa shape index (κ1) is 17.7. The van der Waals surface area contributed by atoms with Crippen molar-refractivity contribution in [3.8, 4) is 22.9 Å². The standard InChI is InChI=1S/C21H15BrN2O2/c22-19-12-17(16-4-2-1-3-5-16)8-11-20(19)26-14-21(25)24-18-9-6-15(13-23)7-10-18/h1-12H,14H2,(H,24,25). The number of anilines is 1. The van der Waals surface area contributed by atoms with Gasteiger partial charge in [0.05, 0.1) is 16.1 Å². The number of amides is 1. The predicted octanol–water partition coefficient (Wildman–Crippen LogP) is 5.01. The number of nitrogens with zero attached hydrogens (tertiary/aromatic N) is 1. The van der Waals surface area contributed by atoms with Crippen LogP contribution >= 0.6 is 15.9 Å². The molecule has 5 heteroatoms. The zero-order valence-electron chi connectivity index (χ0n) is 13.8. The molecular weight excluding hydrogens is 392 g/mol. The number of rotatable bonds is 5. The van der Waals surface area contributed by atoms with E-state index in [0.29, 0.717) is 17.0 Å². The summed E-state index contributed by atoms with van der Waals surface area (Å²) in [5.74, 6) is 0.327. The first-order chi connectivity index (χ1) is 12.7. The van der Waals surface area contributed by atoms with Crippen molar-refractivity contribution in [1.29, 1.82) is 5.26 Å². The molecule has 3 aromatic rings. The summed E-state index contributed by atoms with van der Waals surface area (Å²) >= 11 is 3.49. The lowest BCUT2D eigenvalue weighted by Gasteiger charge is -2.10. The van der Waals surface area contributed by atoms with E-state index in [1.165, 1.54) is 0 Å². The van der Waals surface area contributed by atoms with E-state index < -0.39 is 0 Å². The molecule has 128 valence electrons. The maximum Gasteiger partial charge on any atom is 0.262 e.